The quantitative estimate of drug-likeness (QED) is 0.171. The Hall–Kier alpha value is -3.87. The monoisotopic (exact) mass is 518 g/mol. The van der Waals surface area contributed by atoms with Gasteiger partial charge in [-0.1, -0.05) is 78.7 Å². The van der Waals surface area contributed by atoms with Gasteiger partial charge in [0.05, 0.1) is 0 Å². The number of aryl methyl sites for hydroxylation is 2. The van der Waals surface area contributed by atoms with Crippen LogP contribution in [0.4, 0.5) is 0 Å². The zero-order chi connectivity index (χ0) is 27.3. The second kappa shape index (κ2) is 14.8. The minimum atomic E-state index is 0.225. The summed E-state index contributed by atoms with van der Waals surface area (Å²) in [6.45, 7) is 4.08. The molecule has 0 saturated heterocycles. The highest BCUT2D eigenvalue weighted by atomic mass is 32.2. The third kappa shape index (κ3) is 9.21. The Kier molecular flexibility index (Phi) is 11.1. The minimum absolute atomic E-state index is 0.225. The van der Waals surface area contributed by atoms with E-state index in [0.29, 0.717) is 25.7 Å². The fourth-order valence-corrected chi connectivity index (χ4v) is 4.61. The molecule has 0 aliphatic heterocycles. The van der Waals surface area contributed by atoms with E-state index in [1.807, 2.05) is 92.0 Å². The van der Waals surface area contributed by atoms with Crippen LogP contribution in [0, 0.1) is 26.2 Å². The number of carbonyl (C=O) groups excluding carboxylic acids is 2. The van der Waals surface area contributed by atoms with E-state index in [0.717, 1.165) is 27.8 Å². The molecule has 2 nitrogen and oxygen atoms in total. The molecule has 4 rings (SSSR count). The van der Waals surface area contributed by atoms with Crippen molar-refractivity contribution in [2.24, 2.45) is 0 Å². The molecule has 0 aromatic heterocycles. The van der Waals surface area contributed by atoms with Crippen LogP contribution in [0.1, 0.15) is 38.9 Å². The second-order valence-corrected chi connectivity index (χ2v) is 10.2. The molecule has 4 aromatic rings. The van der Waals surface area contributed by atoms with E-state index in [1.54, 1.807) is 11.8 Å². The Morgan fingerprint density at radius 3 is 1.68 bits per heavy atom. The van der Waals surface area contributed by atoms with Gasteiger partial charge in [0.15, 0.2) is 0 Å². The number of Topliss-reactive ketones (excluding diaryl/α,β-unsaturated/α-hetero) is 2. The predicted molar refractivity (Wildman–Crippen MR) is 160 cm³/mol. The summed E-state index contributed by atoms with van der Waals surface area (Å²) in [4.78, 5) is 25.4. The summed E-state index contributed by atoms with van der Waals surface area (Å²) in [5.74, 6) is 3.07. The Balaban J connectivity index is 0.000000211. The molecular weight excluding hydrogens is 484 g/mol. The van der Waals surface area contributed by atoms with Gasteiger partial charge < -0.3 is 0 Å². The molecule has 0 amide bonds. The lowest BCUT2D eigenvalue weighted by Gasteiger charge is -2.06. The van der Waals surface area contributed by atoms with Gasteiger partial charge in [0.25, 0.3) is 0 Å². The number of ketones is 2. The molecular formula is C35H34O2S. The molecule has 0 unspecified atom stereocenters. The summed E-state index contributed by atoms with van der Waals surface area (Å²) in [6.07, 6.45) is 9.34. The van der Waals surface area contributed by atoms with Crippen LogP contribution in [0.5, 0.6) is 0 Å². The highest BCUT2D eigenvalue weighted by Gasteiger charge is 2.08. The van der Waals surface area contributed by atoms with Gasteiger partial charge in [-0.25, -0.2) is 0 Å². The fourth-order valence-electron chi connectivity index (χ4n) is 4.12. The average molecular weight is 519 g/mol. The highest BCUT2D eigenvalue weighted by molar-refractivity contribution is 7.98. The number of carbonyl (C=O) groups is 2. The number of thioether (sulfide) groups is 1. The normalized spacial score (nSPS) is 10.2. The van der Waals surface area contributed by atoms with Crippen molar-refractivity contribution in [2.45, 2.75) is 44.4 Å². The van der Waals surface area contributed by atoms with E-state index in [1.165, 1.54) is 16.0 Å². The van der Waals surface area contributed by atoms with Crippen molar-refractivity contribution in [3.63, 3.8) is 0 Å². The van der Waals surface area contributed by atoms with E-state index in [2.05, 4.69) is 31.0 Å². The first-order valence-corrected chi connectivity index (χ1v) is 13.9. The third-order valence-corrected chi connectivity index (χ3v) is 7.08. The molecule has 3 heteroatoms. The van der Waals surface area contributed by atoms with Crippen LogP contribution < -0.4 is 0 Å². The molecule has 0 spiro atoms. The largest absolute Gasteiger partial charge is 0.299 e. The zero-order valence-electron chi connectivity index (χ0n) is 22.4. The fraction of sp³-hybridized carbons (Fsp3) is 0.200. The van der Waals surface area contributed by atoms with Crippen molar-refractivity contribution in [1.29, 1.82) is 0 Å². The molecule has 0 radical (unpaired) electrons. The van der Waals surface area contributed by atoms with Crippen LogP contribution >= 0.6 is 11.8 Å². The molecule has 0 bridgehead atoms. The Labute approximate surface area is 231 Å². The maximum atomic E-state index is 12.1. The summed E-state index contributed by atoms with van der Waals surface area (Å²) >= 11 is 1.71. The van der Waals surface area contributed by atoms with E-state index in [9.17, 15) is 9.59 Å². The molecule has 0 fully saturated rings. The molecule has 0 aliphatic carbocycles. The SMILES string of the molecule is C#Cc1ccc(CC(=O)Cc2ccccc2C)cc1.CSc1cccc(CC(=O)Cc2ccccc2C)c1. The number of hydrogen-bond donors (Lipinski definition) is 0. The Bertz CT molecular complexity index is 1410. The van der Waals surface area contributed by atoms with Crippen LogP contribution in [0.25, 0.3) is 0 Å². The summed E-state index contributed by atoms with van der Waals surface area (Å²) in [7, 11) is 0. The van der Waals surface area contributed by atoms with Crippen molar-refractivity contribution >= 4 is 23.3 Å². The van der Waals surface area contributed by atoms with Crippen LogP contribution in [-0.4, -0.2) is 17.8 Å². The average Bonchev–Trinajstić information content (AvgIpc) is 2.92. The smallest absolute Gasteiger partial charge is 0.141 e. The number of benzene rings is 4. The number of hydrogen-bond acceptors (Lipinski definition) is 3. The molecule has 0 N–H and O–H groups in total. The first-order valence-electron chi connectivity index (χ1n) is 12.7. The van der Waals surface area contributed by atoms with Gasteiger partial charge in [-0.2, -0.15) is 0 Å². The minimum Gasteiger partial charge on any atom is -0.299 e. The molecule has 0 atom stereocenters. The number of rotatable bonds is 9. The van der Waals surface area contributed by atoms with E-state index in [4.69, 9.17) is 6.42 Å². The van der Waals surface area contributed by atoms with Gasteiger partial charge in [0, 0.05) is 36.1 Å². The van der Waals surface area contributed by atoms with Gasteiger partial charge >= 0.3 is 0 Å². The molecule has 38 heavy (non-hydrogen) atoms. The first-order chi connectivity index (χ1) is 18.4. The number of terminal acetylenes is 1. The standard InChI is InChI=1S/C18H16O.C17H18OS/c1-3-15-8-10-16(11-9-15)12-18(19)13-17-7-5-4-6-14(17)2;1-13-6-3-4-8-15(13)12-16(18)10-14-7-5-9-17(11-14)19-2/h1,4-11H,12-13H2,2H3;3-9,11H,10,12H2,1-2H3. The van der Waals surface area contributed by atoms with Crippen LogP contribution in [0.3, 0.4) is 0 Å². The third-order valence-electron chi connectivity index (χ3n) is 6.36. The Morgan fingerprint density at radius 1 is 0.658 bits per heavy atom. The van der Waals surface area contributed by atoms with Crippen molar-refractivity contribution in [3.05, 3.63) is 136 Å². The van der Waals surface area contributed by atoms with E-state index in [-0.39, 0.29) is 11.6 Å². The topological polar surface area (TPSA) is 34.1 Å². The summed E-state index contributed by atoms with van der Waals surface area (Å²) in [5.41, 5.74) is 7.55. The Morgan fingerprint density at radius 2 is 1.18 bits per heavy atom. The second-order valence-electron chi connectivity index (χ2n) is 9.33. The van der Waals surface area contributed by atoms with Gasteiger partial charge in [-0.05, 0) is 77.7 Å². The molecule has 0 saturated carbocycles. The van der Waals surface area contributed by atoms with Crippen LogP contribution in [-0.2, 0) is 35.3 Å². The van der Waals surface area contributed by atoms with Gasteiger partial charge in [0.2, 0.25) is 0 Å². The lowest BCUT2D eigenvalue weighted by atomic mass is 9.99. The van der Waals surface area contributed by atoms with E-state index < -0.39 is 0 Å². The highest BCUT2D eigenvalue weighted by Crippen LogP contribution is 2.17. The lowest BCUT2D eigenvalue weighted by Crippen LogP contribution is -2.07. The van der Waals surface area contributed by atoms with Gasteiger partial charge in [-0.15, -0.1) is 18.2 Å². The maximum absolute atomic E-state index is 12.1. The molecule has 192 valence electrons. The van der Waals surface area contributed by atoms with Gasteiger partial charge in [-0.3, -0.25) is 9.59 Å². The van der Waals surface area contributed by atoms with Crippen molar-refractivity contribution in [1.82, 2.24) is 0 Å². The summed E-state index contributed by atoms with van der Waals surface area (Å²) < 4.78 is 0. The molecule has 4 aromatic carbocycles. The molecule has 0 aliphatic rings. The lowest BCUT2D eigenvalue weighted by molar-refractivity contribution is -0.118. The summed E-state index contributed by atoms with van der Waals surface area (Å²) in [5, 5.41) is 0. The van der Waals surface area contributed by atoms with Crippen molar-refractivity contribution in [3.8, 4) is 12.3 Å². The van der Waals surface area contributed by atoms with E-state index >= 15 is 0 Å². The predicted octanol–water partition coefficient (Wildman–Crippen LogP) is 7.40. The van der Waals surface area contributed by atoms with Crippen molar-refractivity contribution < 1.29 is 9.59 Å². The summed E-state index contributed by atoms with van der Waals surface area (Å²) in [6, 6.07) is 31.9. The molecule has 0 heterocycles. The zero-order valence-corrected chi connectivity index (χ0v) is 23.2. The maximum Gasteiger partial charge on any atom is 0.141 e. The first kappa shape index (κ1) is 28.7. The van der Waals surface area contributed by atoms with Crippen molar-refractivity contribution in [2.75, 3.05) is 6.26 Å². The van der Waals surface area contributed by atoms with Gasteiger partial charge in [0.1, 0.15) is 11.6 Å². The van der Waals surface area contributed by atoms with Crippen LogP contribution in [0.15, 0.2) is 102 Å². The van der Waals surface area contributed by atoms with Crippen LogP contribution in [0.2, 0.25) is 0 Å².